The largest absolute Gasteiger partial charge is 0.466 e. The first-order valence-electron chi connectivity index (χ1n) is 12.8. The average Bonchev–Trinajstić information content (AvgIpc) is 3.57. The summed E-state index contributed by atoms with van der Waals surface area (Å²) in [6.07, 6.45) is 0.0530. The maximum Gasteiger partial charge on any atom is 0.339 e. The van der Waals surface area contributed by atoms with E-state index in [1.807, 2.05) is 13.8 Å². The van der Waals surface area contributed by atoms with Gasteiger partial charge in [-0.3, -0.25) is 9.59 Å². The minimum absolute atomic E-state index is 0.0195. The summed E-state index contributed by atoms with van der Waals surface area (Å²) in [6, 6.07) is 16.9. The Labute approximate surface area is 233 Å². The van der Waals surface area contributed by atoms with E-state index in [4.69, 9.17) is 8.92 Å². The van der Waals surface area contributed by atoms with Crippen molar-refractivity contribution in [2.75, 3.05) is 6.61 Å². The smallest absolute Gasteiger partial charge is 0.339 e. The molecule has 0 unspecified atom stereocenters. The highest BCUT2D eigenvalue weighted by molar-refractivity contribution is 7.89. The van der Waals surface area contributed by atoms with Crippen LogP contribution in [0.4, 0.5) is 0 Å². The van der Waals surface area contributed by atoms with Crippen molar-refractivity contribution in [1.82, 2.24) is 4.31 Å². The summed E-state index contributed by atoms with van der Waals surface area (Å²) in [5.41, 5.74) is 2.40. The number of fused-ring (bicyclic) bond motifs is 1. The number of carbonyl (C=O) groups excluding carboxylic acids is 2. The summed E-state index contributed by atoms with van der Waals surface area (Å²) in [4.78, 5) is 26.0. The lowest BCUT2D eigenvalue weighted by Gasteiger charge is -2.27. The molecule has 4 atom stereocenters. The monoisotopic (exact) mass is 583 g/mol. The van der Waals surface area contributed by atoms with E-state index in [-0.39, 0.29) is 34.4 Å². The molecule has 210 valence electrons. The normalized spacial score (nSPS) is 22.5. The second kappa shape index (κ2) is 10.5. The Balaban J connectivity index is 1.39. The van der Waals surface area contributed by atoms with Gasteiger partial charge in [-0.1, -0.05) is 47.5 Å². The summed E-state index contributed by atoms with van der Waals surface area (Å²) in [5.74, 6) is -2.42. The second-order valence-electron chi connectivity index (χ2n) is 10.1. The number of aryl methyl sites for hydroxylation is 2. The van der Waals surface area contributed by atoms with Crippen molar-refractivity contribution >= 4 is 31.9 Å². The second-order valence-corrected chi connectivity index (χ2v) is 13.4. The third-order valence-corrected chi connectivity index (χ3v) is 10.4. The molecule has 1 aliphatic carbocycles. The lowest BCUT2D eigenvalue weighted by molar-refractivity contribution is -0.147. The van der Waals surface area contributed by atoms with Gasteiger partial charge in [0.05, 0.1) is 35.4 Å². The van der Waals surface area contributed by atoms with Crippen LogP contribution in [0.5, 0.6) is 5.75 Å². The van der Waals surface area contributed by atoms with E-state index in [2.05, 4.69) is 0 Å². The van der Waals surface area contributed by atoms with E-state index in [0.717, 1.165) is 11.1 Å². The molecule has 1 saturated heterocycles. The van der Waals surface area contributed by atoms with Crippen LogP contribution in [-0.4, -0.2) is 51.6 Å². The van der Waals surface area contributed by atoms with Crippen molar-refractivity contribution in [2.45, 2.75) is 49.1 Å². The summed E-state index contributed by atoms with van der Waals surface area (Å²) in [6.45, 7) is 5.47. The lowest BCUT2D eigenvalue weighted by Crippen LogP contribution is -2.45. The van der Waals surface area contributed by atoms with Crippen molar-refractivity contribution in [3.05, 3.63) is 89.5 Å². The molecular formula is C29H29NO8S2. The van der Waals surface area contributed by atoms with Crippen LogP contribution >= 0.6 is 0 Å². The minimum Gasteiger partial charge on any atom is -0.466 e. The first-order chi connectivity index (χ1) is 18.9. The molecule has 9 nitrogen and oxygen atoms in total. The van der Waals surface area contributed by atoms with Gasteiger partial charge >= 0.3 is 16.1 Å². The third kappa shape index (κ3) is 5.16. The number of ketones is 1. The van der Waals surface area contributed by atoms with Gasteiger partial charge in [-0.15, -0.1) is 0 Å². The SMILES string of the molecule is CCOC(=O)[C@H]1[C@@H]2C(=O)[C@H](Cc3ccc(OS(=O)(=O)c4ccc(C)cc4)cc3)N(S(=O)(=O)c3ccc(C)cc3)[C@H]12. The maximum absolute atomic E-state index is 13.8. The van der Waals surface area contributed by atoms with Gasteiger partial charge in [0, 0.05) is 0 Å². The quantitative estimate of drug-likeness (QED) is 0.277. The molecule has 40 heavy (non-hydrogen) atoms. The number of rotatable bonds is 9. The van der Waals surface area contributed by atoms with Crippen molar-refractivity contribution in [3.8, 4) is 5.75 Å². The molecule has 2 fully saturated rings. The van der Waals surface area contributed by atoms with Gasteiger partial charge in [0.25, 0.3) is 0 Å². The molecule has 0 amide bonds. The van der Waals surface area contributed by atoms with Crippen molar-refractivity contribution < 1.29 is 35.3 Å². The fourth-order valence-corrected chi connectivity index (χ4v) is 7.92. The van der Waals surface area contributed by atoms with Crippen LogP contribution in [0.25, 0.3) is 0 Å². The number of nitrogens with zero attached hydrogens (tertiary/aromatic N) is 1. The van der Waals surface area contributed by atoms with E-state index in [9.17, 15) is 26.4 Å². The standard InChI is InChI=1S/C29H29NO8S2/c1-4-37-29(32)26-25-27(26)30(39(33,34)22-13-5-18(2)6-14-22)24(28(25)31)17-20-9-11-21(12-10-20)38-40(35,36)23-15-7-19(3)8-16-23/h5-16,24-27H,4,17H2,1-3H3/t24-,25-,26-,27-/m0/s1. The van der Waals surface area contributed by atoms with Gasteiger partial charge < -0.3 is 8.92 Å². The molecule has 2 aliphatic rings. The molecule has 1 aliphatic heterocycles. The highest BCUT2D eigenvalue weighted by Gasteiger charge is 2.72. The number of piperidine rings is 1. The molecule has 11 heteroatoms. The Morgan fingerprint density at radius 1 is 0.825 bits per heavy atom. The Bertz CT molecular complexity index is 1650. The van der Waals surface area contributed by atoms with Gasteiger partial charge in [0.15, 0.2) is 5.78 Å². The van der Waals surface area contributed by atoms with Crippen LogP contribution in [0.1, 0.15) is 23.6 Å². The van der Waals surface area contributed by atoms with Crippen molar-refractivity contribution in [3.63, 3.8) is 0 Å². The molecule has 0 spiro atoms. The summed E-state index contributed by atoms with van der Waals surface area (Å²) in [5, 5.41) is 0. The first-order valence-corrected chi connectivity index (χ1v) is 15.7. The topological polar surface area (TPSA) is 124 Å². The van der Waals surface area contributed by atoms with Gasteiger partial charge in [0.1, 0.15) is 10.6 Å². The fraction of sp³-hybridized carbons (Fsp3) is 0.310. The zero-order valence-corrected chi connectivity index (χ0v) is 23.8. The fourth-order valence-electron chi connectivity index (χ4n) is 5.17. The number of carbonyl (C=O) groups is 2. The number of hydrogen-bond acceptors (Lipinski definition) is 8. The molecule has 1 heterocycles. The number of ether oxygens (including phenoxy) is 1. The summed E-state index contributed by atoms with van der Waals surface area (Å²) in [7, 11) is -8.15. The van der Waals surface area contributed by atoms with E-state index < -0.39 is 50.0 Å². The number of esters is 1. The Morgan fingerprint density at radius 3 is 1.93 bits per heavy atom. The number of benzene rings is 3. The molecule has 3 aromatic carbocycles. The van der Waals surface area contributed by atoms with Gasteiger partial charge in [0.2, 0.25) is 10.0 Å². The van der Waals surface area contributed by atoms with Crippen LogP contribution in [0.3, 0.4) is 0 Å². The van der Waals surface area contributed by atoms with E-state index in [1.165, 1.54) is 40.7 Å². The van der Waals surface area contributed by atoms with Crippen LogP contribution in [0.2, 0.25) is 0 Å². The maximum atomic E-state index is 13.8. The Morgan fingerprint density at radius 2 is 1.38 bits per heavy atom. The summed E-state index contributed by atoms with van der Waals surface area (Å²) < 4.78 is 64.3. The average molecular weight is 584 g/mol. The first kappa shape index (κ1) is 28.0. The molecule has 1 saturated carbocycles. The molecule has 5 rings (SSSR count). The van der Waals surface area contributed by atoms with Crippen molar-refractivity contribution in [2.24, 2.45) is 11.8 Å². The lowest BCUT2D eigenvalue weighted by atomic mass is 10.0. The molecule has 0 radical (unpaired) electrons. The third-order valence-electron chi connectivity index (χ3n) is 7.26. The van der Waals surface area contributed by atoms with Gasteiger partial charge in [-0.05, 0) is 69.2 Å². The van der Waals surface area contributed by atoms with Crippen LogP contribution < -0.4 is 4.18 Å². The zero-order valence-electron chi connectivity index (χ0n) is 22.2. The Hall–Kier alpha value is -3.54. The predicted octanol–water partition coefficient (Wildman–Crippen LogP) is 3.43. The number of Topliss-reactive ketones (excluding diaryl/α,β-unsaturated/α-hetero) is 1. The molecule has 3 aromatic rings. The predicted molar refractivity (Wildman–Crippen MR) is 146 cm³/mol. The van der Waals surface area contributed by atoms with E-state index >= 15 is 0 Å². The van der Waals surface area contributed by atoms with Crippen LogP contribution in [-0.2, 0) is 40.9 Å². The van der Waals surface area contributed by atoms with E-state index in [0.29, 0.717) is 5.56 Å². The molecule has 0 N–H and O–H groups in total. The number of sulfonamides is 1. The zero-order chi connectivity index (χ0) is 28.8. The summed E-state index contributed by atoms with van der Waals surface area (Å²) >= 11 is 0. The highest BCUT2D eigenvalue weighted by atomic mass is 32.2. The Kier molecular flexibility index (Phi) is 7.32. The van der Waals surface area contributed by atoms with Crippen molar-refractivity contribution in [1.29, 1.82) is 0 Å². The molecular weight excluding hydrogens is 554 g/mol. The van der Waals surface area contributed by atoms with Crippen LogP contribution in [0.15, 0.2) is 82.6 Å². The molecule has 0 aromatic heterocycles. The molecule has 0 bridgehead atoms. The number of hydrogen-bond donors (Lipinski definition) is 0. The van der Waals surface area contributed by atoms with Gasteiger partial charge in [-0.2, -0.15) is 12.7 Å². The van der Waals surface area contributed by atoms with E-state index in [1.54, 1.807) is 43.3 Å². The van der Waals surface area contributed by atoms with Crippen LogP contribution in [0, 0.1) is 25.7 Å². The highest BCUT2D eigenvalue weighted by Crippen LogP contribution is 2.54. The minimum atomic E-state index is -4.11. The van der Waals surface area contributed by atoms with Gasteiger partial charge in [-0.25, -0.2) is 8.42 Å².